The van der Waals surface area contributed by atoms with Crippen molar-refractivity contribution in [1.29, 1.82) is 0 Å². The van der Waals surface area contributed by atoms with E-state index >= 15 is 0 Å². The third-order valence-corrected chi connectivity index (χ3v) is 2.52. The Balaban J connectivity index is 2.40. The molecule has 12 heavy (non-hydrogen) atoms. The molecule has 0 bridgehead atoms. The Kier molecular flexibility index (Phi) is 1.89. The molecule has 1 fully saturated rings. The first-order valence-electron chi connectivity index (χ1n) is 4.21. The average molecular weight is 179 g/mol. The van der Waals surface area contributed by atoms with Gasteiger partial charge in [-0.3, -0.25) is 0 Å². The van der Waals surface area contributed by atoms with E-state index < -0.39 is 0 Å². The lowest BCUT2D eigenvalue weighted by atomic mass is 10.1. The zero-order chi connectivity index (χ0) is 8.60. The molecule has 0 radical (unpaired) electrons. The largest absolute Gasteiger partial charge is 0.309 e. The van der Waals surface area contributed by atoms with Crippen molar-refractivity contribution in [3.8, 4) is 0 Å². The first-order chi connectivity index (χ1) is 5.67. The predicted molar refractivity (Wildman–Crippen MR) is 55.6 cm³/mol. The average Bonchev–Trinajstić information content (AvgIpc) is 2.31. The summed E-state index contributed by atoms with van der Waals surface area (Å²) in [5, 5.41) is 3.33. The molecule has 0 amide bonds. The molecule has 1 saturated heterocycles. The van der Waals surface area contributed by atoms with E-state index in [9.17, 15) is 0 Å². The first kappa shape index (κ1) is 8.14. The van der Waals surface area contributed by atoms with Crippen LogP contribution in [-0.4, -0.2) is 17.8 Å². The van der Waals surface area contributed by atoms with E-state index in [2.05, 4.69) is 49.2 Å². The van der Waals surface area contributed by atoms with Crippen LogP contribution in [-0.2, 0) is 0 Å². The molecule has 2 aliphatic rings. The van der Waals surface area contributed by atoms with Crippen LogP contribution in [0.3, 0.4) is 0 Å². The van der Waals surface area contributed by atoms with Gasteiger partial charge in [0, 0.05) is 17.8 Å². The Morgan fingerprint density at radius 2 is 2.17 bits per heavy atom. The first-order valence-corrected chi connectivity index (χ1v) is 4.66. The SMILES string of the molecule is CC1(S)C=CC=C2CNCC2=C1. The zero-order valence-electron chi connectivity index (χ0n) is 7.17. The Morgan fingerprint density at radius 3 is 3.00 bits per heavy atom. The van der Waals surface area contributed by atoms with Crippen molar-refractivity contribution >= 4 is 12.6 Å². The quantitative estimate of drug-likeness (QED) is 0.539. The van der Waals surface area contributed by atoms with Crippen molar-refractivity contribution < 1.29 is 0 Å². The summed E-state index contributed by atoms with van der Waals surface area (Å²) in [6.45, 7) is 4.10. The molecule has 0 aromatic carbocycles. The maximum atomic E-state index is 4.54. The van der Waals surface area contributed by atoms with Gasteiger partial charge in [-0.15, -0.1) is 0 Å². The van der Waals surface area contributed by atoms with Crippen molar-refractivity contribution in [2.75, 3.05) is 13.1 Å². The highest BCUT2D eigenvalue weighted by atomic mass is 32.1. The number of allylic oxidation sites excluding steroid dienone is 2. The summed E-state index contributed by atoms with van der Waals surface area (Å²) in [5.74, 6) is 0. The summed E-state index contributed by atoms with van der Waals surface area (Å²) < 4.78 is -0.0837. The summed E-state index contributed by atoms with van der Waals surface area (Å²) >= 11 is 4.54. The molecule has 1 aliphatic carbocycles. The predicted octanol–water partition coefficient (Wildman–Crippen LogP) is 1.70. The number of hydrogen-bond acceptors (Lipinski definition) is 2. The molecule has 1 aliphatic heterocycles. The summed E-state index contributed by atoms with van der Waals surface area (Å²) in [4.78, 5) is 0. The molecule has 0 spiro atoms. The van der Waals surface area contributed by atoms with Crippen LogP contribution in [0.1, 0.15) is 6.92 Å². The molecule has 0 saturated carbocycles. The van der Waals surface area contributed by atoms with E-state index in [1.807, 2.05) is 0 Å². The van der Waals surface area contributed by atoms with Crippen molar-refractivity contribution in [3.05, 3.63) is 35.5 Å². The number of nitrogens with one attached hydrogen (secondary N) is 1. The third-order valence-electron chi connectivity index (χ3n) is 2.24. The van der Waals surface area contributed by atoms with E-state index in [1.165, 1.54) is 11.1 Å². The summed E-state index contributed by atoms with van der Waals surface area (Å²) in [6.07, 6.45) is 8.62. The van der Waals surface area contributed by atoms with Gasteiger partial charge in [-0.2, -0.15) is 12.6 Å². The van der Waals surface area contributed by atoms with Gasteiger partial charge in [-0.05, 0) is 18.1 Å². The van der Waals surface area contributed by atoms with Crippen LogP contribution in [0.2, 0.25) is 0 Å². The summed E-state index contributed by atoms with van der Waals surface area (Å²) in [5.41, 5.74) is 2.81. The van der Waals surface area contributed by atoms with Crippen LogP contribution < -0.4 is 5.32 Å². The van der Waals surface area contributed by atoms with E-state index in [1.54, 1.807) is 0 Å². The molecule has 1 unspecified atom stereocenters. The van der Waals surface area contributed by atoms with Gasteiger partial charge in [0.25, 0.3) is 0 Å². The minimum atomic E-state index is -0.0837. The van der Waals surface area contributed by atoms with E-state index in [0.717, 1.165) is 13.1 Å². The van der Waals surface area contributed by atoms with Crippen LogP contribution >= 0.6 is 12.6 Å². The van der Waals surface area contributed by atoms with Crippen molar-refractivity contribution in [2.24, 2.45) is 0 Å². The maximum Gasteiger partial charge on any atom is 0.0469 e. The molecular formula is C10H13NS. The van der Waals surface area contributed by atoms with Gasteiger partial charge >= 0.3 is 0 Å². The number of hydrogen-bond donors (Lipinski definition) is 2. The fourth-order valence-electron chi connectivity index (χ4n) is 1.63. The van der Waals surface area contributed by atoms with Crippen LogP contribution in [0.25, 0.3) is 0 Å². The molecule has 0 aromatic rings. The van der Waals surface area contributed by atoms with E-state index in [-0.39, 0.29) is 4.75 Å². The van der Waals surface area contributed by atoms with Gasteiger partial charge in [-0.25, -0.2) is 0 Å². The lowest BCUT2D eigenvalue weighted by Crippen LogP contribution is -2.10. The van der Waals surface area contributed by atoms with E-state index in [4.69, 9.17) is 0 Å². The molecule has 1 heterocycles. The van der Waals surface area contributed by atoms with Gasteiger partial charge in [0.1, 0.15) is 0 Å². The monoisotopic (exact) mass is 179 g/mol. The van der Waals surface area contributed by atoms with Gasteiger partial charge in [0.15, 0.2) is 0 Å². The smallest absolute Gasteiger partial charge is 0.0469 e. The maximum absolute atomic E-state index is 4.54. The van der Waals surface area contributed by atoms with Gasteiger partial charge in [0.2, 0.25) is 0 Å². The fraction of sp³-hybridized carbons (Fsp3) is 0.400. The highest BCUT2D eigenvalue weighted by Crippen LogP contribution is 2.27. The minimum absolute atomic E-state index is 0.0837. The highest BCUT2D eigenvalue weighted by molar-refractivity contribution is 7.82. The molecule has 64 valence electrons. The summed E-state index contributed by atoms with van der Waals surface area (Å²) in [7, 11) is 0. The minimum Gasteiger partial charge on any atom is -0.309 e. The second kappa shape index (κ2) is 2.79. The Bertz CT molecular complexity index is 284. The van der Waals surface area contributed by atoms with Gasteiger partial charge in [0.05, 0.1) is 0 Å². The highest BCUT2D eigenvalue weighted by Gasteiger charge is 2.19. The number of thiol groups is 1. The molecule has 2 rings (SSSR count). The Morgan fingerprint density at radius 1 is 1.42 bits per heavy atom. The molecule has 0 aromatic heterocycles. The van der Waals surface area contributed by atoms with Crippen molar-refractivity contribution in [1.82, 2.24) is 5.32 Å². The lowest BCUT2D eigenvalue weighted by molar-refractivity contribution is 0.888. The normalized spacial score (nSPS) is 33.8. The molecule has 1 atom stereocenters. The zero-order valence-corrected chi connectivity index (χ0v) is 8.07. The standard InChI is InChI=1S/C10H13NS/c1-10(12)4-2-3-8-6-11-7-9(8)5-10/h2-5,11-12H,6-7H2,1H3. The van der Waals surface area contributed by atoms with E-state index in [0.29, 0.717) is 0 Å². The van der Waals surface area contributed by atoms with Crippen LogP contribution in [0, 0.1) is 0 Å². The molecular weight excluding hydrogens is 166 g/mol. The van der Waals surface area contributed by atoms with Gasteiger partial charge in [-0.1, -0.05) is 24.3 Å². The van der Waals surface area contributed by atoms with Crippen LogP contribution in [0.5, 0.6) is 0 Å². The van der Waals surface area contributed by atoms with Crippen molar-refractivity contribution in [3.63, 3.8) is 0 Å². The number of fused-ring (bicyclic) bond motifs is 1. The molecule has 2 heteroatoms. The Hall–Kier alpha value is -0.470. The second-order valence-electron chi connectivity index (χ2n) is 3.55. The van der Waals surface area contributed by atoms with Crippen LogP contribution in [0.4, 0.5) is 0 Å². The number of rotatable bonds is 0. The fourth-order valence-corrected chi connectivity index (χ4v) is 1.87. The summed E-state index contributed by atoms with van der Waals surface area (Å²) in [6, 6.07) is 0. The lowest BCUT2D eigenvalue weighted by Gasteiger charge is -2.13. The topological polar surface area (TPSA) is 12.0 Å². The molecule has 1 N–H and O–H groups in total. The third kappa shape index (κ3) is 1.50. The van der Waals surface area contributed by atoms with Gasteiger partial charge < -0.3 is 5.32 Å². The molecule has 1 nitrogen and oxygen atoms in total. The Labute approximate surface area is 78.6 Å². The van der Waals surface area contributed by atoms with Crippen molar-refractivity contribution in [2.45, 2.75) is 11.7 Å². The second-order valence-corrected chi connectivity index (χ2v) is 4.51. The van der Waals surface area contributed by atoms with Crippen LogP contribution in [0.15, 0.2) is 35.5 Å².